The van der Waals surface area contributed by atoms with Crippen LogP contribution in [0.25, 0.3) is 6.08 Å². The summed E-state index contributed by atoms with van der Waals surface area (Å²) >= 11 is 0. The van der Waals surface area contributed by atoms with E-state index < -0.39 is 18.0 Å². The van der Waals surface area contributed by atoms with Crippen molar-refractivity contribution in [1.82, 2.24) is 9.55 Å². The number of anilines is 1. The molecule has 0 aliphatic carbocycles. The van der Waals surface area contributed by atoms with Crippen LogP contribution in [0.4, 0.5) is 18.9 Å². The lowest BCUT2D eigenvalue weighted by Gasteiger charge is -2.12. The average molecular weight is 417 g/mol. The second kappa shape index (κ2) is 9.64. The average Bonchev–Trinajstić information content (AvgIpc) is 3.21. The van der Waals surface area contributed by atoms with Crippen molar-refractivity contribution in [3.8, 4) is 11.5 Å². The zero-order chi connectivity index (χ0) is 21.4. The molecule has 2 aromatic carbocycles. The first-order chi connectivity index (χ1) is 14.4. The van der Waals surface area contributed by atoms with Gasteiger partial charge in [-0.05, 0) is 24.3 Å². The van der Waals surface area contributed by atoms with Crippen molar-refractivity contribution in [1.29, 1.82) is 0 Å². The molecule has 3 rings (SSSR count). The number of ether oxygens (including phenoxy) is 2. The van der Waals surface area contributed by atoms with E-state index >= 15 is 0 Å². The third-order valence-electron chi connectivity index (χ3n) is 3.87. The molecule has 156 valence electrons. The Morgan fingerprint density at radius 3 is 2.57 bits per heavy atom. The highest BCUT2D eigenvalue weighted by molar-refractivity contribution is 6.02. The van der Waals surface area contributed by atoms with E-state index in [2.05, 4.69) is 15.0 Å². The summed E-state index contributed by atoms with van der Waals surface area (Å²) in [5, 5.41) is 2.66. The van der Waals surface area contributed by atoms with Gasteiger partial charge in [0.15, 0.2) is 0 Å². The normalized spacial score (nSPS) is 11.4. The van der Waals surface area contributed by atoms with Gasteiger partial charge in [0.1, 0.15) is 18.1 Å². The molecule has 0 bridgehead atoms. The number of carbonyl (C=O) groups excluding carboxylic acids is 1. The number of halogens is 3. The topological polar surface area (TPSA) is 65.4 Å². The van der Waals surface area contributed by atoms with Crippen molar-refractivity contribution in [2.45, 2.75) is 12.9 Å². The number of rotatable bonds is 8. The standard InChI is InChI=1S/C21H18F3N3O3/c22-21(23,24)30-18-7-3-1-5-16(18)9-10-20(28)26-17-6-2-4-8-19(17)29-14-13-27-12-11-25-15-27/h1-12,15H,13-14H2,(H,26,28)/b10-9+. The van der Waals surface area contributed by atoms with Crippen LogP contribution in [0.5, 0.6) is 11.5 Å². The number of aromatic nitrogens is 2. The first-order valence-electron chi connectivity index (χ1n) is 8.92. The fraction of sp³-hybridized carbons (Fsp3) is 0.143. The van der Waals surface area contributed by atoms with Crippen LogP contribution in [0.2, 0.25) is 0 Å². The zero-order valence-electron chi connectivity index (χ0n) is 15.7. The highest BCUT2D eigenvalue weighted by Crippen LogP contribution is 2.27. The zero-order valence-corrected chi connectivity index (χ0v) is 15.7. The maximum Gasteiger partial charge on any atom is 0.573 e. The summed E-state index contributed by atoms with van der Waals surface area (Å²) in [7, 11) is 0. The number of carbonyl (C=O) groups is 1. The Labute approximate surface area is 170 Å². The molecule has 0 saturated heterocycles. The van der Waals surface area contributed by atoms with E-state index in [4.69, 9.17) is 4.74 Å². The first kappa shape index (κ1) is 21.0. The Kier molecular flexibility index (Phi) is 6.74. The predicted octanol–water partition coefficient (Wildman–Crippen LogP) is 4.51. The lowest BCUT2D eigenvalue weighted by atomic mass is 10.2. The predicted molar refractivity (Wildman–Crippen MR) is 105 cm³/mol. The fourth-order valence-electron chi connectivity index (χ4n) is 2.55. The van der Waals surface area contributed by atoms with Gasteiger partial charge in [0.2, 0.25) is 5.91 Å². The Morgan fingerprint density at radius 1 is 1.10 bits per heavy atom. The van der Waals surface area contributed by atoms with Gasteiger partial charge in [-0.1, -0.05) is 30.3 Å². The van der Waals surface area contributed by atoms with Crippen LogP contribution in [0, 0.1) is 0 Å². The van der Waals surface area contributed by atoms with E-state index in [9.17, 15) is 18.0 Å². The van der Waals surface area contributed by atoms with Crippen molar-refractivity contribution in [2.24, 2.45) is 0 Å². The van der Waals surface area contributed by atoms with Gasteiger partial charge in [-0.3, -0.25) is 4.79 Å². The number of amides is 1. The molecule has 0 aliphatic rings. The summed E-state index contributed by atoms with van der Waals surface area (Å²) in [5.74, 6) is -0.445. The molecular formula is C21H18F3N3O3. The lowest BCUT2D eigenvalue weighted by molar-refractivity contribution is -0.274. The van der Waals surface area contributed by atoms with E-state index in [1.54, 1.807) is 42.9 Å². The van der Waals surface area contributed by atoms with Gasteiger partial charge >= 0.3 is 6.36 Å². The molecule has 30 heavy (non-hydrogen) atoms. The molecule has 1 heterocycles. The summed E-state index contributed by atoms with van der Waals surface area (Å²) in [6.45, 7) is 0.944. The quantitative estimate of drug-likeness (QED) is 0.548. The van der Waals surface area contributed by atoms with Crippen LogP contribution >= 0.6 is 0 Å². The number of hydrogen-bond donors (Lipinski definition) is 1. The van der Waals surface area contributed by atoms with Crippen LogP contribution in [0.1, 0.15) is 5.56 Å². The monoisotopic (exact) mass is 417 g/mol. The van der Waals surface area contributed by atoms with Crippen molar-refractivity contribution >= 4 is 17.7 Å². The number of para-hydroxylation sites is 3. The number of nitrogens with zero attached hydrogens (tertiary/aromatic N) is 2. The van der Waals surface area contributed by atoms with Gasteiger partial charge in [-0.2, -0.15) is 0 Å². The molecule has 0 fully saturated rings. The molecular weight excluding hydrogens is 399 g/mol. The summed E-state index contributed by atoms with van der Waals surface area (Å²) in [6, 6.07) is 12.4. The van der Waals surface area contributed by atoms with E-state index in [0.717, 1.165) is 6.08 Å². The van der Waals surface area contributed by atoms with Crippen LogP contribution in [-0.2, 0) is 11.3 Å². The van der Waals surface area contributed by atoms with E-state index in [1.807, 2.05) is 10.8 Å². The van der Waals surface area contributed by atoms with Crippen LogP contribution in [0.15, 0.2) is 73.3 Å². The largest absolute Gasteiger partial charge is 0.573 e. The smallest absolute Gasteiger partial charge is 0.490 e. The SMILES string of the molecule is O=C(/C=C/c1ccccc1OC(F)(F)F)Nc1ccccc1OCCn1ccnc1. The molecule has 0 spiro atoms. The number of benzene rings is 2. The second-order valence-corrected chi connectivity index (χ2v) is 6.05. The van der Waals surface area contributed by atoms with Crippen LogP contribution in [0.3, 0.4) is 0 Å². The highest BCUT2D eigenvalue weighted by atomic mass is 19.4. The summed E-state index contributed by atoms with van der Waals surface area (Å²) < 4.78 is 49.0. The maximum absolute atomic E-state index is 12.5. The maximum atomic E-state index is 12.5. The van der Waals surface area contributed by atoms with E-state index in [0.29, 0.717) is 24.6 Å². The van der Waals surface area contributed by atoms with Gasteiger partial charge in [0.05, 0.1) is 18.6 Å². The third kappa shape index (κ3) is 6.40. The van der Waals surface area contributed by atoms with Crippen molar-refractivity contribution in [3.63, 3.8) is 0 Å². The molecule has 0 atom stereocenters. The molecule has 1 aromatic heterocycles. The first-order valence-corrected chi connectivity index (χ1v) is 8.92. The van der Waals surface area contributed by atoms with Gasteiger partial charge in [-0.25, -0.2) is 4.98 Å². The van der Waals surface area contributed by atoms with E-state index in [1.165, 1.54) is 24.3 Å². The molecule has 0 radical (unpaired) electrons. The summed E-state index contributed by atoms with van der Waals surface area (Å²) in [6.07, 6.45) is 2.70. The van der Waals surface area contributed by atoms with Gasteiger partial charge in [-0.15, -0.1) is 13.2 Å². The molecule has 0 aliphatic heterocycles. The van der Waals surface area contributed by atoms with Crippen LogP contribution < -0.4 is 14.8 Å². The minimum absolute atomic E-state index is 0.120. The molecule has 1 amide bonds. The number of nitrogens with one attached hydrogen (secondary N) is 1. The number of hydrogen-bond acceptors (Lipinski definition) is 4. The number of imidazole rings is 1. The van der Waals surface area contributed by atoms with Crippen molar-refractivity contribution < 1.29 is 27.4 Å². The lowest BCUT2D eigenvalue weighted by Crippen LogP contribution is -2.17. The Morgan fingerprint density at radius 2 is 1.83 bits per heavy atom. The molecule has 0 unspecified atom stereocenters. The third-order valence-corrected chi connectivity index (χ3v) is 3.87. The Hall–Kier alpha value is -3.75. The van der Waals surface area contributed by atoms with Gasteiger partial charge in [0.25, 0.3) is 0 Å². The van der Waals surface area contributed by atoms with Gasteiger partial charge < -0.3 is 19.4 Å². The van der Waals surface area contributed by atoms with Crippen molar-refractivity contribution in [2.75, 3.05) is 11.9 Å². The number of alkyl halides is 3. The minimum atomic E-state index is -4.82. The molecule has 0 saturated carbocycles. The van der Waals surface area contributed by atoms with Gasteiger partial charge in [0, 0.05) is 24.0 Å². The summed E-state index contributed by atoms with van der Waals surface area (Å²) in [4.78, 5) is 16.2. The fourth-order valence-corrected chi connectivity index (χ4v) is 2.55. The van der Waals surface area contributed by atoms with E-state index in [-0.39, 0.29) is 5.56 Å². The molecule has 9 heteroatoms. The van der Waals surface area contributed by atoms with Crippen LogP contribution in [-0.4, -0.2) is 28.4 Å². The Balaban J connectivity index is 1.63. The molecule has 1 N–H and O–H groups in total. The second-order valence-electron chi connectivity index (χ2n) is 6.05. The molecule has 6 nitrogen and oxygen atoms in total. The minimum Gasteiger partial charge on any atom is -0.490 e. The molecule has 3 aromatic rings. The Bertz CT molecular complexity index is 1000. The van der Waals surface area contributed by atoms with Crippen molar-refractivity contribution in [3.05, 3.63) is 78.9 Å². The highest BCUT2D eigenvalue weighted by Gasteiger charge is 2.31. The summed E-state index contributed by atoms with van der Waals surface area (Å²) in [5.41, 5.74) is 0.562.